The van der Waals surface area contributed by atoms with Gasteiger partial charge in [-0.3, -0.25) is 9.69 Å². The van der Waals surface area contributed by atoms with Crippen LogP contribution in [0, 0.1) is 5.92 Å². The Morgan fingerprint density at radius 2 is 2.03 bits per heavy atom. The minimum absolute atomic E-state index is 0.0376. The SMILES string of the molecule is O=C(Nc1cc(NCc2cn3cc(C4CC4)cc(N4CCOC4=O)c3n2)ccn1)[C@H]1C[C@@H]1c1cccc(Cl)c1. The first-order valence-corrected chi connectivity index (χ1v) is 13.6. The van der Waals surface area contributed by atoms with Gasteiger partial charge in [-0.1, -0.05) is 23.7 Å². The summed E-state index contributed by atoms with van der Waals surface area (Å²) in [6.07, 6.45) is 8.58. The van der Waals surface area contributed by atoms with Crippen LogP contribution in [0.4, 0.5) is 22.0 Å². The Morgan fingerprint density at radius 1 is 1.13 bits per heavy atom. The lowest BCUT2D eigenvalue weighted by molar-refractivity contribution is -0.117. The number of pyridine rings is 2. The van der Waals surface area contributed by atoms with Crippen LogP contribution in [0.3, 0.4) is 0 Å². The topological polar surface area (TPSA) is 101 Å². The van der Waals surface area contributed by atoms with E-state index in [0.717, 1.165) is 34.7 Å². The number of rotatable bonds is 8. The van der Waals surface area contributed by atoms with E-state index in [0.29, 0.717) is 36.5 Å². The Kier molecular flexibility index (Phi) is 5.88. The van der Waals surface area contributed by atoms with Crippen molar-refractivity contribution < 1.29 is 14.3 Å². The molecule has 2 atom stereocenters. The van der Waals surface area contributed by atoms with Crippen LogP contribution in [0.2, 0.25) is 5.02 Å². The van der Waals surface area contributed by atoms with Crippen molar-refractivity contribution in [2.45, 2.75) is 37.6 Å². The maximum atomic E-state index is 12.8. The molecule has 10 heteroatoms. The van der Waals surface area contributed by atoms with Crippen LogP contribution in [-0.4, -0.2) is 39.5 Å². The summed E-state index contributed by atoms with van der Waals surface area (Å²) in [5, 5.41) is 7.02. The van der Waals surface area contributed by atoms with Crippen molar-refractivity contribution in [1.29, 1.82) is 0 Å². The lowest BCUT2D eigenvalue weighted by Gasteiger charge is -2.15. The van der Waals surface area contributed by atoms with E-state index in [1.807, 2.05) is 47.0 Å². The van der Waals surface area contributed by atoms with Crippen molar-refractivity contribution >= 4 is 46.4 Å². The summed E-state index contributed by atoms with van der Waals surface area (Å²) < 4.78 is 7.19. The molecule has 2 N–H and O–H groups in total. The van der Waals surface area contributed by atoms with Crippen molar-refractivity contribution in [1.82, 2.24) is 14.4 Å². The van der Waals surface area contributed by atoms with E-state index in [1.54, 1.807) is 11.1 Å². The molecule has 9 nitrogen and oxygen atoms in total. The number of carbonyl (C=O) groups excluding carboxylic acids is 2. The second kappa shape index (κ2) is 9.57. The van der Waals surface area contributed by atoms with Crippen molar-refractivity contribution in [3.63, 3.8) is 0 Å². The molecule has 4 aromatic rings. The first-order valence-electron chi connectivity index (χ1n) is 13.2. The Morgan fingerprint density at radius 3 is 2.82 bits per heavy atom. The Balaban J connectivity index is 1.04. The lowest BCUT2D eigenvalue weighted by atomic mass is 10.1. The van der Waals surface area contributed by atoms with Gasteiger partial charge in [-0.15, -0.1) is 0 Å². The summed E-state index contributed by atoms with van der Waals surface area (Å²) in [4.78, 5) is 35.9. The van der Waals surface area contributed by atoms with Crippen LogP contribution >= 0.6 is 11.6 Å². The first-order chi connectivity index (χ1) is 19.0. The van der Waals surface area contributed by atoms with E-state index in [9.17, 15) is 9.59 Å². The number of carbonyl (C=O) groups is 2. The van der Waals surface area contributed by atoms with Gasteiger partial charge in [-0.05, 0) is 66.5 Å². The van der Waals surface area contributed by atoms with Gasteiger partial charge < -0.3 is 19.8 Å². The molecule has 4 heterocycles. The molecule has 0 spiro atoms. The quantitative estimate of drug-likeness (QED) is 0.302. The molecule has 2 aliphatic carbocycles. The molecule has 3 aromatic heterocycles. The zero-order valence-electron chi connectivity index (χ0n) is 21.1. The van der Waals surface area contributed by atoms with E-state index < -0.39 is 0 Å². The molecule has 3 aliphatic rings. The fourth-order valence-corrected chi connectivity index (χ4v) is 5.50. The molecule has 2 amide bonds. The largest absolute Gasteiger partial charge is 0.447 e. The molecule has 2 saturated carbocycles. The van der Waals surface area contributed by atoms with Gasteiger partial charge in [0.15, 0.2) is 5.65 Å². The average molecular weight is 543 g/mol. The van der Waals surface area contributed by atoms with E-state index in [2.05, 4.69) is 27.9 Å². The molecule has 1 aromatic carbocycles. The van der Waals surface area contributed by atoms with Gasteiger partial charge in [-0.25, -0.2) is 14.8 Å². The molecule has 39 heavy (non-hydrogen) atoms. The van der Waals surface area contributed by atoms with Crippen molar-refractivity contribution in [2.75, 3.05) is 28.7 Å². The number of imidazole rings is 1. The normalized spacial score (nSPS) is 20.2. The monoisotopic (exact) mass is 542 g/mol. The number of aromatic nitrogens is 3. The molecular weight excluding hydrogens is 516 g/mol. The highest BCUT2D eigenvalue weighted by Crippen LogP contribution is 2.48. The van der Waals surface area contributed by atoms with Crippen LogP contribution in [0.1, 0.15) is 47.9 Å². The Hall–Kier alpha value is -4.11. The third-order valence-corrected chi connectivity index (χ3v) is 7.83. The highest BCUT2D eigenvalue weighted by atomic mass is 35.5. The first kappa shape index (κ1) is 24.0. The highest BCUT2D eigenvalue weighted by Gasteiger charge is 2.44. The Labute approximate surface area is 230 Å². The van der Waals surface area contributed by atoms with Crippen molar-refractivity contribution in [3.05, 3.63) is 82.9 Å². The number of cyclic esters (lactones) is 1. The number of hydrogen-bond acceptors (Lipinski definition) is 6. The van der Waals surface area contributed by atoms with Crippen LogP contribution in [0.5, 0.6) is 0 Å². The molecule has 0 bridgehead atoms. The zero-order valence-corrected chi connectivity index (χ0v) is 21.9. The second-order valence-corrected chi connectivity index (χ2v) is 10.9. The maximum Gasteiger partial charge on any atom is 0.414 e. The number of hydrogen-bond donors (Lipinski definition) is 2. The van der Waals surface area contributed by atoms with Crippen LogP contribution < -0.4 is 15.5 Å². The van der Waals surface area contributed by atoms with E-state index >= 15 is 0 Å². The molecule has 198 valence electrons. The van der Waals surface area contributed by atoms with Gasteiger partial charge in [0.1, 0.15) is 12.4 Å². The summed E-state index contributed by atoms with van der Waals surface area (Å²) in [6.45, 7) is 1.38. The van der Waals surface area contributed by atoms with E-state index in [-0.39, 0.29) is 23.8 Å². The van der Waals surface area contributed by atoms with Gasteiger partial charge in [0.25, 0.3) is 0 Å². The number of nitrogens with one attached hydrogen (secondary N) is 2. The van der Waals surface area contributed by atoms with Crippen LogP contribution in [0.25, 0.3) is 5.65 Å². The standard InChI is InChI=1S/C29H27ClN6O3/c30-20-3-1-2-18(10-20)23-13-24(23)28(37)34-26-12-21(6-7-31-26)32-14-22-16-35-15-19(17-4-5-17)11-25(27(35)33-22)36-8-9-39-29(36)38/h1-3,6-7,10-12,15-17,23-24H,4-5,8-9,13-14H2,(H2,31,32,34,37)/t23-,24+/m1/s1. The minimum Gasteiger partial charge on any atom is -0.447 e. The lowest BCUT2D eigenvalue weighted by Crippen LogP contribution is -2.24. The second-order valence-electron chi connectivity index (χ2n) is 10.4. The summed E-state index contributed by atoms with van der Waals surface area (Å²) in [6, 6.07) is 13.4. The predicted octanol–water partition coefficient (Wildman–Crippen LogP) is 5.57. The van der Waals surface area contributed by atoms with E-state index in [1.165, 1.54) is 18.4 Å². The predicted molar refractivity (Wildman–Crippen MR) is 148 cm³/mol. The third kappa shape index (κ3) is 4.90. The number of benzene rings is 1. The number of ether oxygens (including phenoxy) is 1. The zero-order chi connectivity index (χ0) is 26.5. The van der Waals surface area contributed by atoms with Gasteiger partial charge in [0, 0.05) is 41.3 Å². The molecule has 1 aliphatic heterocycles. The van der Waals surface area contributed by atoms with Crippen molar-refractivity contribution in [2.24, 2.45) is 5.92 Å². The number of amides is 2. The summed E-state index contributed by atoms with van der Waals surface area (Å²) in [5.41, 5.74) is 5.49. The summed E-state index contributed by atoms with van der Waals surface area (Å²) >= 11 is 6.11. The van der Waals surface area contributed by atoms with Crippen molar-refractivity contribution in [3.8, 4) is 0 Å². The molecule has 1 saturated heterocycles. The number of halogens is 1. The van der Waals surface area contributed by atoms with Crippen LogP contribution in [0.15, 0.2) is 61.1 Å². The summed E-state index contributed by atoms with van der Waals surface area (Å²) in [7, 11) is 0. The Bertz CT molecular complexity index is 1600. The molecule has 0 unspecified atom stereocenters. The number of fused-ring (bicyclic) bond motifs is 1. The summed E-state index contributed by atoms with van der Waals surface area (Å²) in [5.74, 6) is 1.11. The average Bonchev–Trinajstić information content (AvgIpc) is 3.85. The van der Waals surface area contributed by atoms with Gasteiger partial charge in [-0.2, -0.15) is 0 Å². The molecule has 7 rings (SSSR count). The molecular formula is C29H27ClN6O3. The number of anilines is 3. The van der Waals surface area contributed by atoms with Crippen LogP contribution in [-0.2, 0) is 16.1 Å². The third-order valence-electron chi connectivity index (χ3n) is 7.59. The highest BCUT2D eigenvalue weighted by molar-refractivity contribution is 6.30. The molecule has 3 fully saturated rings. The minimum atomic E-state index is -0.330. The fourth-order valence-electron chi connectivity index (χ4n) is 5.30. The number of nitrogens with zero attached hydrogens (tertiary/aromatic N) is 4. The maximum absolute atomic E-state index is 12.8. The van der Waals surface area contributed by atoms with Gasteiger partial charge in [0.2, 0.25) is 5.91 Å². The molecule has 0 radical (unpaired) electrons. The van der Waals surface area contributed by atoms with Gasteiger partial charge in [0.05, 0.1) is 24.5 Å². The van der Waals surface area contributed by atoms with Gasteiger partial charge >= 0.3 is 6.09 Å². The smallest absolute Gasteiger partial charge is 0.414 e. The fraction of sp³-hybridized carbons (Fsp3) is 0.310. The van der Waals surface area contributed by atoms with E-state index in [4.69, 9.17) is 21.3 Å².